The van der Waals surface area contributed by atoms with Gasteiger partial charge in [-0.2, -0.15) is 0 Å². The fraction of sp³-hybridized carbons (Fsp3) is 0.375. The third kappa shape index (κ3) is 3.45. The van der Waals surface area contributed by atoms with E-state index in [1.165, 1.54) is 24.2 Å². The summed E-state index contributed by atoms with van der Waals surface area (Å²) in [5.41, 5.74) is 6.60. The molecule has 1 aromatic carbocycles. The van der Waals surface area contributed by atoms with Crippen LogP contribution in [0.1, 0.15) is 41.2 Å². The van der Waals surface area contributed by atoms with Crippen LogP contribution in [0.5, 0.6) is 5.75 Å². The SMILES string of the molecule is NCc1nc(C(=O)Nc2ccccc2OC2CCCC2)cs1. The molecular weight excluding hydrogens is 298 g/mol. The van der Waals surface area contributed by atoms with Crippen molar-refractivity contribution in [2.24, 2.45) is 5.73 Å². The lowest BCUT2D eigenvalue weighted by Crippen LogP contribution is -2.16. The Labute approximate surface area is 133 Å². The van der Waals surface area contributed by atoms with Crippen molar-refractivity contribution in [1.29, 1.82) is 0 Å². The van der Waals surface area contributed by atoms with Crippen LogP contribution in [0.2, 0.25) is 0 Å². The maximum Gasteiger partial charge on any atom is 0.275 e. The topological polar surface area (TPSA) is 77.2 Å². The van der Waals surface area contributed by atoms with Gasteiger partial charge in [-0.1, -0.05) is 12.1 Å². The molecule has 0 unspecified atom stereocenters. The van der Waals surface area contributed by atoms with Crippen molar-refractivity contribution in [1.82, 2.24) is 4.98 Å². The number of carbonyl (C=O) groups is 1. The fourth-order valence-electron chi connectivity index (χ4n) is 2.55. The van der Waals surface area contributed by atoms with Crippen LogP contribution in [-0.2, 0) is 6.54 Å². The normalized spacial score (nSPS) is 15.0. The number of nitrogens with one attached hydrogen (secondary N) is 1. The number of ether oxygens (including phenoxy) is 1. The highest BCUT2D eigenvalue weighted by Crippen LogP contribution is 2.30. The van der Waals surface area contributed by atoms with E-state index < -0.39 is 0 Å². The second-order valence-corrected chi connectivity index (χ2v) is 6.25. The molecule has 0 bridgehead atoms. The molecule has 5 nitrogen and oxygen atoms in total. The molecule has 0 radical (unpaired) electrons. The van der Waals surface area contributed by atoms with Crippen LogP contribution in [-0.4, -0.2) is 17.0 Å². The molecule has 1 saturated carbocycles. The lowest BCUT2D eigenvalue weighted by molar-refractivity contribution is 0.102. The van der Waals surface area contributed by atoms with E-state index in [1.54, 1.807) is 5.38 Å². The van der Waals surface area contributed by atoms with E-state index in [2.05, 4.69) is 10.3 Å². The molecule has 0 aliphatic heterocycles. The number of rotatable bonds is 5. The highest BCUT2D eigenvalue weighted by molar-refractivity contribution is 7.09. The first kappa shape index (κ1) is 15.0. The van der Waals surface area contributed by atoms with Crippen molar-refractivity contribution >= 4 is 22.9 Å². The molecule has 3 rings (SSSR count). The number of amides is 1. The number of hydrogen-bond acceptors (Lipinski definition) is 5. The van der Waals surface area contributed by atoms with Gasteiger partial charge in [0, 0.05) is 11.9 Å². The van der Waals surface area contributed by atoms with Crippen molar-refractivity contribution in [3.8, 4) is 5.75 Å². The van der Waals surface area contributed by atoms with Crippen molar-refractivity contribution < 1.29 is 9.53 Å². The first-order chi connectivity index (χ1) is 10.8. The second kappa shape index (κ2) is 6.89. The molecular formula is C16H19N3O2S. The lowest BCUT2D eigenvalue weighted by Gasteiger charge is -2.16. The minimum atomic E-state index is -0.238. The minimum absolute atomic E-state index is 0.238. The summed E-state index contributed by atoms with van der Waals surface area (Å²) in [6.07, 6.45) is 4.82. The largest absolute Gasteiger partial charge is 0.488 e. The predicted octanol–water partition coefficient (Wildman–Crippen LogP) is 3.18. The summed E-state index contributed by atoms with van der Waals surface area (Å²) in [7, 11) is 0. The lowest BCUT2D eigenvalue weighted by atomic mass is 10.2. The molecule has 1 aromatic heterocycles. The standard InChI is InChI=1S/C16H19N3O2S/c17-9-15-18-13(10-22-15)16(20)19-12-7-3-4-8-14(12)21-11-5-1-2-6-11/h3-4,7-8,10-11H,1-2,5-6,9,17H2,(H,19,20). The summed E-state index contributed by atoms with van der Waals surface area (Å²) < 4.78 is 6.02. The average molecular weight is 317 g/mol. The van der Waals surface area contributed by atoms with Crippen molar-refractivity contribution in [3.63, 3.8) is 0 Å². The molecule has 0 atom stereocenters. The van der Waals surface area contributed by atoms with Crippen molar-refractivity contribution in [3.05, 3.63) is 40.3 Å². The summed E-state index contributed by atoms with van der Waals surface area (Å²) in [5.74, 6) is 0.482. The third-order valence-corrected chi connectivity index (χ3v) is 4.56. The number of benzene rings is 1. The van der Waals surface area contributed by atoms with Gasteiger partial charge in [-0.25, -0.2) is 4.98 Å². The molecule has 3 N–H and O–H groups in total. The van der Waals surface area contributed by atoms with Crippen LogP contribution in [0.4, 0.5) is 5.69 Å². The Hall–Kier alpha value is -1.92. The van der Waals surface area contributed by atoms with Crippen LogP contribution in [0.25, 0.3) is 0 Å². The van der Waals surface area contributed by atoms with Gasteiger partial charge in [0.1, 0.15) is 16.5 Å². The zero-order valence-electron chi connectivity index (χ0n) is 12.2. The number of nitrogens with two attached hydrogens (primary N) is 1. The van der Waals surface area contributed by atoms with Gasteiger partial charge in [-0.05, 0) is 37.8 Å². The number of carbonyl (C=O) groups excluding carboxylic acids is 1. The average Bonchev–Trinajstić information content (AvgIpc) is 3.20. The van der Waals surface area contributed by atoms with Gasteiger partial charge in [0.15, 0.2) is 0 Å². The van der Waals surface area contributed by atoms with E-state index in [9.17, 15) is 4.79 Å². The second-order valence-electron chi connectivity index (χ2n) is 5.31. The highest BCUT2D eigenvalue weighted by atomic mass is 32.1. The number of hydrogen-bond donors (Lipinski definition) is 2. The van der Waals surface area contributed by atoms with Gasteiger partial charge in [0.2, 0.25) is 0 Å². The molecule has 22 heavy (non-hydrogen) atoms. The molecule has 116 valence electrons. The zero-order valence-corrected chi connectivity index (χ0v) is 13.1. The molecule has 1 amide bonds. The molecule has 2 aromatic rings. The van der Waals surface area contributed by atoms with Crippen LogP contribution < -0.4 is 15.8 Å². The van der Waals surface area contributed by atoms with Gasteiger partial charge in [0.05, 0.1) is 11.8 Å². The first-order valence-corrected chi connectivity index (χ1v) is 8.35. The summed E-state index contributed by atoms with van der Waals surface area (Å²) in [6.45, 7) is 0.347. The number of thiazole rings is 1. The van der Waals surface area contributed by atoms with Gasteiger partial charge in [0.25, 0.3) is 5.91 Å². The molecule has 1 aliphatic rings. The van der Waals surface area contributed by atoms with Crippen LogP contribution >= 0.6 is 11.3 Å². The Balaban J connectivity index is 1.72. The smallest absolute Gasteiger partial charge is 0.275 e. The molecule has 0 saturated heterocycles. The minimum Gasteiger partial charge on any atom is -0.488 e. The van der Waals surface area contributed by atoms with E-state index in [-0.39, 0.29) is 12.0 Å². The maximum atomic E-state index is 12.3. The van der Waals surface area contributed by atoms with E-state index in [0.717, 1.165) is 23.6 Å². The Bertz CT molecular complexity index is 650. The van der Waals surface area contributed by atoms with Gasteiger partial charge < -0.3 is 15.8 Å². The number of aromatic nitrogens is 1. The monoisotopic (exact) mass is 317 g/mol. The van der Waals surface area contributed by atoms with Crippen molar-refractivity contribution in [2.45, 2.75) is 38.3 Å². The fourth-order valence-corrected chi connectivity index (χ4v) is 3.21. The van der Waals surface area contributed by atoms with Crippen molar-refractivity contribution in [2.75, 3.05) is 5.32 Å². The van der Waals surface area contributed by atoms with Crippen LogP contribution in [0.15, 0.2) is 29.6 Å². The molecule has 0 spiro atoms. The Morgan fingerprint density at radius 1 is 1.36 bits per heavy atom. The molecule has 1 heterocycles. The van der Waals surface area contributed by atoms with Crippen LogP contribution in [0, 0.1) is 0 Å². The predicted molar refractivity (Wildman–Crippen MR) is 87.3 cm³/mol. The molecule has 1 fully saturated rings. The molecule has 6 heteroatoms. The first-order valence-electron chi connectivity index (χ1n) is 7.48. The van der Waals surface area contributed by atoms with E-state index in [1.807, 2.05) is 24.3 Å². The summed E-state index contributed by atoms with van der Waals surface area (Å²) in [4.78, 5) is 16.5. The van der Waals surface area contributed by atoms with E-state index in [4.69, 9.17) is 10.5 Å². The van der Waals surface area contributed by atoms with Crippen LogP contribution in [0.3, 0.4) is 0 Å². The Morgan fingerprint density at radius 2 is 2.14 bits per heavy atom. The van der Waals surface area contributed by atoms with E-state index >= 15 is 0 Å². The Morgan fingerprint density at radius 3 is 2.86 bits per heavy atom. The van der Waals surface area contributed by atoms with Gasteiger partial charge in [-0.3, -0.25) is 4.79 Å². The quantitative estimate of drug-likeness (QED) is 0.888. The Kier molecular flexibility index (Phi) is 4.70. The maximum absolute atomic E-state index is 12.3. The summed E-state index contributed by atoms with van der Waals surface area (Å²) in [6, 6.07) is 7.53. The van der Waals surface area contributed by atoms with E-state index in [0.29, 0.717) is 17.9 Å². The number of para-hydroxylation sites is 2. The number of anilines is 1. The third-order valence-electron chi connectivity index (χ3n) is 3.69. The highest BCUT2D eigenvalue weighted by Gasteiger charge is 2.19. The molecule has 1 aliphatic carbocycles. The zero-order chi connectivity index (χ0) is 15.4. The van der Waals surface area contributed by atoms with Gasteiger partial charge >= 0.3 is 0 Å². The summed E-state index contributed by atoms with van der Waals surface area (Å²) in [5, 5.41) is 5.35. The number of nitrogens with zero attached hydrogens (tertiary/aromatic N) is 1. The van der Waals surface area contributed by atoms with Gasteiger partial charge in [-0.15, -0.1) is 11.3 Å². The summed E-state index contributed by atoms with van der Waals surface area (Å²) >= 11 is 1.39.